The highest BCUT2D eigenvalue weighted by Crippen LogP contribution is 2.15. The molecule has 0 bridgehead atoms. The third-order valence-corrected chi connectivity index (χ3v) is 3.04. The van der Waals surface area contributed by atoms with Crippen LogP contribution in [0.5, 0.6) is 0 Å². The van der Waals surface area contributed by atoms with Crippen molar-refractivity contribution in [2.24, 2.45) is 0 Å². The van der Waals surface area contributed by atoms with Gasteiger partial charge in [0.1, 0.15) is 5.69 Å². The molecule has 0 saturated carbocycles. The van der Waals surface area contributed by atoms with E-state index in [2.05, 4.69) is 6.92 Å². The summed E-state index contributed by atoms with van der Waals surface area (Å²) in [4.78, 5) is 10.9. The minimum absolute atomic E-state index is 0.281. The number of rotatable bonds is 8. The highest BCUT2D eigenvalue weighted by molar-refractivity contribution is 6.30. The minimum atomic E-state index is -0.914. The lowest BCUT2D eigenvalue weighted by molar-refractivity contribution is 0.0685. The molecule has 96 valence electrons. The second-order valence-corrected chi connectivity index (χ2v) is 4.75. The Morgan fingerprint density at radius 1 is 1.29 bits per heavy atom. The quantitative estimate of drug-likeness (QED) is 0.709. The maximum atomic E-state index is 10.9. The number of hydrogen-bond acceptors (Lipinski definition) is 1. The van der Waals surface area contributed by atoms with Gasteiger partial charge in [-0.3, -0.25) is 0 Å². The van der Waals surface area contributed by atoms with Gasteiger partial charge in [-0.2, -0.15) is 0 Å². The smallest absolute Gasteiger partial charge is 0.352 e. The summed E-state index contributed by atoms with van der Waals surface area (Å²) in [7, 11) is 0. The molecule has 1 N–H and O–H groups in total. The molecule has 0 aromatic carbocycles. The van der Waals surface area contributed by atoms with Crippen LogP contribution in [0.4, 0.5) is 0 Å². The summed E-state index contributed by atoms with van der Waals surface area (Å²) in [6, 6.07) is 1.50. The number of aromatic carboxylic acids is 1. The van der Waals surface area contributed by atoms with Gasteiger partial charge in [-0.1, -0.05) is 50.6 Å². The molecule has 0 amide bonds. The van der Waals surface area contributed by atoms with Crippen LogP contribution in [0.1, 0.15) is 55.9 Å². The monoisotopic (exact) mass is 257 g/mol. The maximum absolute atomic E-state index is 10.9. The van der Waals surface area contributed by atoms with E-state index in [1.54, 1.807) is 10.8 Å². The lowest BCUT2D eigenvalue weighted by Crippen LogP contribution is -2.07. The van der Waals surface area contributed by atoms with Crippen LogP contribution in [0, 0.1) is 0 Å². The second-order valence-electron chi connectivity index (χ2n) is 4.31. The second kappa shape index (κ2) is 7.38. The summed E-state index contributed by atoms with van der Waals surface area (Å²) in [5.74, 6) is -0.914. The van der Waals surface area contributed by atoms with Gasteiger partial charge < -0.3 is 9.67 Å². The third kappa shape index (κ3) is 4.82. The molecular weight excluding hydrogens is 238 g/mol. The Labute approximate surface area is 107 Å². The number of carboxylic acids is 1. The zero-order valence-corrected chi connectivity index (χ0v) is 11.0. The number of aryl methyl sites for hydroxylation is 1. The minimum Gasteiger partial charge on any atom is -0.477 e. The van der Waals surface area contributed by atoms with E-state index in [0.717, 1.165) is 19.4 Å². The van der Waals surface area contributed by atoms with E-state index in [-0.39, 0.29) is 5.69 Å². The normalized spacial score (nSPS) is 10.7. The van der Waals surface area contributed by atoms with Gasteiger partial charge >= 0.3 is 5.97 Å². The summed E-state index contributed by atoms with van der Waals surface area (Å²) >= 11 is 5.81. The molecule has 0 unspecified atom stereocenters. The van der Waals surface area contributed by atoms with Crippen molar-refractivity contribution < 1.29 is 9.90 Å². The zero-order chi connectivity index (χ0) is 12.7. The van der Waals surface area contributed by atoms with Gasteiger partial charge in [0.2, 0.25) is 0 Å². The van der Waals surface area contributed by atoms with Crippen LogP contribution in [-0.2, 0) is 6.54 Å². The first-order valence-electron chi connectivity index (χ1n) is 6.24. The summed E-state index contributed by atoms with van der Waals surface area (Å²) in [5, 5.41) is 9.47. The van der Waals surface area contributed by atoms with Gasteiger partial charge in [0.05, 0.1) is 5.02 Å². The van der Waals surface area contributed by atoms with E-state index < -0.39 is 5.97 Å². The van der Waals surface area contributed by atoms with E-state index in [0.29, 0.717) is 5.02 Å². The summed E-state index contributed by atoms with van der Waals surface area (Å²) < 4.78 is 1.73. The number of halogens is 1. The Morgan fingerprint density at radius 2 is 1.94 bits per heavy atom. The van der Waals surface area contributed by atoms with Crippen LogP contribution in [-0.4, -0.2) is 15.6 Å². The van der Waals surface area contributed by atoms with Crippen molar-refractivity contribution in [3.63, 3.8) is 0 Å². The lowest BCUT2D eigenvalue weighted by Gasteiger charge is -2.05. The summed E-state index contributed by atoms with van der Waals surface area (Å²) in [6.07, 6.45) is 8.88. The Balaban J connectivity index is 2.33. The molecule has 17 heavy (non-hydrogen) atoms. The first kappa shape index (κ1) is 14.1. The number of aromatic nitrogens is 1. The van der Waals surface area contributed by atoms with Crippen LogP contribution in [0.25, 0.3) is 0 Å². The molecule has 0 atom stereocenters. The molecule has 0 saturated heterocycles. The summed E-state index contributed by atoms with van der Waals surface area (Å²) in [5.41, 5.74) is 0.281. The van der Waals surface area contributed by atoms with Crippen molar-refractivity contribution in [2.45, 2.75) is 52.0 Å². The van der Waals surface area contributed by atoms with Crippen LogP contribution >= 0.6 is 11.6 Å². The summed E-state index contributed by atoms with van der Waals surface area (Å²) in [6.45, 7) is 2.93. The average Bonchev–Trinajstić information content (AvgIpc) is 2.65. The molecular formula is C13H20ClNO2. The maximum Gasteiger partial charge on any atom is 0.352 e. The van der Waals surface area contributed by atoms with E-state index in [1.165, 1.54) is 31.7 Å². The third-order valence-electron chi connectivity index (χ3n) is 2.83. The predicted octanol–water partition coefficient (Wildman–Crippen LogP) is 4.20. The number of hydrogen-bond donors (Lipinski definition) is 1. The number of nitrogens with zero attached hydrogens (tertiary/aromatic N) is 1. The molecule has 4 heteroatoms. The predicted molar refractivity (Wildman–Crippen MR) is 69.8 cm³/mol. The number of carbonyl (C=O) groups is 1. The fraction of sp³-hybridized carbons (Fsp3) is 0.615. The number of unbranched alkanes of at least 4 members (excludes halogenated alkanes) is 5. The molecule has 0 fully saturated rings. The van der Waals surface area contributed by atoms with Crippen molar-refractivity contribution in [3.8, 4) is 0 Å². The topological polar surface area (TPSA) is 42.2 Å². The van der Waals surface area contributed by atoms with Gasteiger partial charge in [0.25, 0.3) is 0 Å². The van der Waals surface area contributed by atoms with Crippen molar-refractivity contribution in [3.05, 3.63) is 23.0 Å². The molecule has 0 radical (unpaired) electrons. The SMILES string of the molecule is CCCCCCCCn1cc(Cl)cc1C(=O)O. The molecule has 1 aromatic heterocycles. The fourth-order valence-electron chi connectivity index (χ4n) is 1.90. The van der Waals surface area contributed by atoms with Crippen LogP contribution in [0.2, 0.25) is 5.02 Å². The van der Waals surface area contributed by atoms with Gasteiger partial charge in [-0.25, -0.2) is 4.79 Å². The molecule has 3 nitrogen and oxygen atoms in total. The first-order valence-corrected chi connectivity index (χ1v) is 6.62. The van der Waals surface area contributed by atoms with Gasteiger partial charge in [-0.05, 0) is 12.5 Å². The average molecular weight is 258 g/mol. The standard InChI is InChI=1S/C13H20ClNO2/c1-2-3-4-5-6-7-8-15-10-11(14)9-12(15)13(16)17/h9-10H,2-8H2,1H3,(H,16,17). The largest absolute Gasteiger partial charge is 0.477 e. The fourth-order valence-corrected chi connectivity index (χ4v) is 2.12. The molecule has 1 rings (SSSR count). The van der Waals surface area contributed by atoms with Crippen molar-refractivity contribution in [2.75, 3.05) is 0 Å². The van der Waals surface area contributed by atoms with Crippen LogP contribution in [0.3, 0.4) is 0 Å². The van der Waals surface area contributed by atoms with Crippen molar-refractivity contribution in [1.29, 1.82) is 0 Å². The van der Waals surface area contributed by atoms with Crippen LogP contribution in [0.15, 0.2) is 12.3 Å². The Bertz CT molecular complexity index is 360. The Kier molecular flexibility index (Phi) is 6.12. The molecule has 0 aliphatic rings. The van der Waals surface area contributed by atoms with E-state index in [4.69, 9.17) is 16.7 Å². The molecule has 0 aliphatic carbocycles. The van der Waals surface area contributed by atoms with E-state index >= 15 is 0 Å². The molecule has 0 aliphatic heterocycles. The molecule has 1 heterocycles. The van der Waals surface area contributed by atoms with Gasteiger partial charge in [0, 0.05) is 12.7 Å². The highest BCUT2D eigenvalue weighted by atomic mass is 35.5. The first-order chi connectivity index (χ1) is 8.15. The Morgan fingerprint density at radius 3 is 2.59 bits per heavy atom. The van der Waals surface area contributed by atoms with Crippen molar-refractivity contribution in [1.82, 2.24) is 4.57 Å². The van der Waals surface area contributed by atoms with Gasteiger partial charge in [-0.15, -0.1) is 0 Å². The van der Waals surface area contributed by atoms with E-state index in [1.807, 2.05) is 0 Å². The van der Waals surface area contributed by atoms with Crippen LogP contribution < -0.4 is 0 Å². The lowest BCUT2D eigenvalue weighted by atomic mass is 10.1. The van der Waals surface area contributed by atoms with Gasteiger partial charge in [0.15, 0.2) is 0 Å². The van der Waals surface area contributed by atoms with E-state index in [9.17, 15) is 4.79 Å². The van der Waals surface area contributed by atoms with Crippen molar-refractivity contribution >= 4 is 17.6 Å². The highest BCUT2D eigenvalue weighted by Gasteiger charge is 2.10. The number of carboxylic acid groups (broad SMARTS) is 1. The zero-order valence-electron chi connectivity index (χ0n) is 10.3. The Hall–Kier alpha value is -0.960. The molecule has 0 spiro atoms. The molecule has 1 aromatic rings.